The van der Waals surface area contributed by atoms with Crippen molar-refractivity contribution in [1.29, 1.82) is 0 Å². The van der Waals surface area contributed by atoms with Crippen LogP contribution in [0.4, 0.5) is 0 Å². The van der Waals surface area contributed by atoms with E-state index in [0.717, 1.165) is 0 Å². The van der Waals surface area contributed by atoms with Crippen molar-refractivity contribution >= 4 is 11.9 Å². The van der Waals surface area contributed by atoms with Crippen LogP contribution in [0.5, 0.6) is 0 Å². The summed E-state index contributed by atoms with van der Waals surface area (Å²) in [6.07, 6.45) is -4.45. The van der Waals surface area contributed by atoms with E-state index in [-0.39, 0.29) is 0 Å². The number of carbonyl (C=O) groups is 2. The van der Waals surface area contributed by atoms with E-state index in [1.54, 1.807) is 6.92 Å². The molecule has 1 saturated heterocycles. The molecule has 0 aromatic heterocycles. The van der Waals surface area contributed by atoms with Crippen LogP contribution in [0.15, 0.2) is 0 Å². The van der Waals surface area contributed by atoms with E-state index in [0.29, 0.717) is 0 Å². The number of ether oxygens (including phenoxy) is 4. The molecule has 0 radical (unpaired) electrons. The first-order chi connectivity index (χ1) is 8.36. The third-order valence-corrected chi connectivity index (χ3v) is 2.62. The Kier molecular flexibility index (Phi) is 5.06. The van der Waals surface area contributed by atoms with Gasteiger partial charge in [0, 0.05) is 21.0 Å². The van der Waals surface area contributed by atoms with Crippen molar-refractivity contribution in [2.45, 2.75) is 51.5 Å². The Morgan fingerprint density at radius 1 is 1.06 bits per heavy atom. The predicted molar refractivity (Wildman–Crippen MR) is 58.5 cm³/mol. The van der Waals surface area contributed by atoms with E-state index in [1.807, 2.05) is 0 Å². The fraction of sp³-hybridized carbons (Fsp3) is 0.818. The fourth-order valence-corrected chi connectivity index (χ4v) is 1.93. The van der Waals surface area contributed by atoms with Gasteiger partial charge < -0.3 is 24.1 Å². The van der Waals surface area contributed by atoms with E-state index >= 15 is 0 Å². The number of hydrogen-bond donors (Lipinski definition) is 1. The van der Waals surface area contributed by atoms with Crippen LogP contribution in [0.2, 0.25) is 0 Å². The number of carbonyl (C=O) groups excluding carboxylic acids is 2. The van der Waals surface area contributed by atoms with Crippen LogP contribution >= 0.6 is 0 Å². The van der Waals surface area contributed by atoms with Crippen LogP contribution in [-0.2, 0) is 28.5 Å². The Bertz CT molecular complexity index is 289. The van der Waals surface area contributed by atoms with Gasteiger partial charge in [0.05, 0.1) is 6.10 Å². The third kappa shape index (κ3) is 3.41. The molecule has 0 aromatic rings. The number of hydrogen-bond acceptors (Lipinski definition) is 7. The first-order valence-electron chi connectivity index (χ1n) is 5.57. The minimum absolute atomic E-state index is 0.504. The van der Waals surface area contributed by atoms with Gasteiger partial charge in [-0.2, -0.15) is 0 Å². The zero-order valence-corrected chi connectivity index (χ0v) is 10.8. The Labute approximate surface area is 105 Å². The highest BCUT2D eigenvalue weighted by atomic mass is 16.7. The Hall–Kier alpha value is -1.18. The van der Waals surface area contributed by atoms with Gasteiger partial charge in [0.15, 0.2) is 18.5 Å². The number of aliphatic hydroxyl groups excluding tert-OH is 1. The van der Waals surface area contributed by atoms with Gasteiger partial charge >= 0.3 is 11.9 Å². The average Bonchev–Trinajstić information content (AvgIpc) is 2.24. The van der Waals surface area contributed by atoms with E-state index in [1.165, 1.54) is 21.0 Å². The summed E-state index contributed by atoms with van der Waals surface area (Å²) in [6, 6.07) is 0. The van der Waals surface area contributed by atoms with Crippen molar-refractivity contribution in [3.8, 4) is 0 Å². The zero-order chi connectivity index (χ0) is 13.9. The van der Waals surface area contributed by atoms with Gasteiger partial charge in [0.1, 0.15) is 6.10 Å². The fourth-order valence-electron chi connectivity index (χ4n) is 1.93. The van der Waals surface area contributed by atoms with Crippen LogP contribution in [0, 0.1) is 0 Å². The molecule has 1 rings (SSSR count). The van der Waals surface area contributed by atoms with Crippen molar-refractivity contribution in [1.82, 2.24) is 0 Å². The molecule has 7 nitrogen and oxygen atoms in total. The minimum atomic E-state index is -1.32. The molecule has 1 aliphatic rings. The molecule has 5 unspecified atom stereocenters. The quantitative estimate of drug-likeness (QED) is 0.692. The summed E-state index contributed by atoms with van der Waals surface area (Å²) in [7, 11) is 1.38. The van der Waals surface area contributed by atoms with Crippen molar-refractivity contribution < 1.29 is 33.6 Å². The van der Waals surface area contributed by atoms with Crippen molar-refractivity contribution in [2.24, 2.45) is 0 Å². The lowest BCUT2D eigenvalue weighted by Gasteiger charge is -2.41. The molecule has 0 bridgehead atoms. The highest BCUT2D eigenvalue weighted by molar-refractivity contribution is 5.67. The maximum Gasteiger partial charge on any atom is 0.303 e. The second-order valence-electron chi connectivity index (χ2n) is 4.08. The molecule has 1 fully saturated rings. The lowest BCUT2D eigenvalue weighted by molar-refractivity contribution is -0.289. The first-order valence-corrected chi connectivity index (χ1v) is 5.57. The summed E-state index contributed by atoms with van der Waals surface area (Å²) in [5, 5.41) is 9.72. The highest BCUT2D eigenvalue weighted by Gasteiger charge is 2.47. The molecule has 18 heavy (non-hydrogen) atoms. The largest absolute Gasteiger partial charge is 0.457 e. The molecule has 5 atom stereocenters. The van der Waals surface area contributed by atoms with Crippen molar-refractivity contribution in [2.75, 3.05) is 7.11 Å². The van der Waals surface area contributed by atoms with Gasteiger partial charge in [0.25, 0.3) is 0 Å². The highest BCUT2D eigenvalue weighted by Crippen LogP contribution is 2.26. The SMILES string of the molecule is COC1C(OC(C)=O)C(C)OC(O)C1OC(C)=O. The second kappa shape index (κ2) is 6.12. The number of methoxy groups -OCH3 is 1. The number of rotatable bonds is 3. The molecule has 0 aromatic carbocycles. The Balaban J connectivity index is 2.88. The summed E-state index contributed by atoms with van der Waals surface area (Å²) in [6.45, 7) is 4.09. The normalized spacial score (nSPS) is 35.9. The van der Waals surface area contributed by atoms with E-state index in [4.69, 9.17) is 18.9 Å². The molecule has 0 amide bonds. The van der Waals surface area contributed by atoms with Crippen LogP contribution < -0.4 is 0 Å². The van der Waals surface area contributed by atoms with Gasteiger partial charge in [-0.1, -0.05) is 0 Å². The maximum absolute atomic E-state index is 11.0. The Morgan fingerprint density at radius 2 is 1.56 bits per heavy atom. The first kappa shape index (κ1) is 14.9. The monoisotopic (exact) mass is 262 g/mol. The minimum Gasteiger partial charge on any atom is -0.457 e. The molecule has 1 N–H and O–H groups in total. The van der Waals surface area contributed by atoms with Crippen LogP contribution in [0.3, 0.4) is 0 Å². The second-order valence-corrected chi connectivity index (χ2v) is 4.08. The summed E-state index contributed by atoms with van der Waals surface area (Å²) in [4.78, 5) is 22.0. The maximum atomic E-state index is 11.0. The topological polar surface area (TPSA) is 91.3 Å². The zero-order valence-electron chi connectivity index (χ0n) is 10.8. The molecular weight excluding hydrogens is 244 g/mol. The molecule has 0 saturated carbocycles. The standard InChI is InChI=1S/C11H18O7/c1-5-8(17-6(2)12)9(15-4)10(11(14)16-5)18-7(3)13/h5,8-11,14H,1-4H3. The average molecular weight is 262 g/mol. The van der Waals surface area contributed by atoms with Crippen LogP contribution in [0.25, 0.3) is 0 Å². The molecule has 0 spiro atoms. The van der Waals surface area contributed by atoms with Crippen LogP contribution in [0.1, 0.15) is 20.8 Å². The van der Waals surface area contributed by atoms with Gasteiger partial charge in [-0.15, -0.1) is 0 Å². The molecule has 1 aliphatic heterocycles. The van der Waals surface area contributed by atoms with E-state index < -0.39 is 42.6 Å². The van der Waals surface area contributed by atoms with Crippen molar-refractivity contribution in [3.05, 3.63) is 0 Å². The third-order valence-electron chi connectivity index (χ3n) is 2.62. The van der Waals surface area contributed by atoms with Gasteiger partial charge in [-0.05, 0) is 6.92 Å². The lowest BCUT2D eigenvalue weighted by atomic mass is 9.99. The van der Waals surface area contributed by atoms with Gasteiger partial charge in [-0.3, -0.25) is 9.59 Å². The predicted octanol–water partition coefficient (Wildman–Crippen LogP) is -0.398. The molecule has 1 heterocycles. The summed E-state index contributed by atoms with van der Waals surface area (Å²) < 4.78 is 20.3. The molecular formula is C11H18O7. The summed E-state index contributed by atoms with van der Waals surface area (Å²) in [5.41, 5.74) is 0. The van der Waals surface area contributed by atoms with Crippen LogP contribution in [-0.4, -0.2) is 54.9 Å². The van der Waals surface area contributed by atoms with Gasteiger partial charge in [-0.25, -0.2) is 0 Å². The van der Waals surface area contributed by atoms with Gasteiger partial charge in [0.2, 0.25) is 0 Å². The summed E-state index contributed by atoms with van der Waals surface area (Å²) >= 11 is 0. The molecule has 7 heteroatoms. The number of esters is 2. The molecule has 0 aliphatic carbocycles. The summed E-state index contributed by atoms with van der Waals surface area (Å²) in [5.74, 6) is -1.09. The van der Waals surface area contributed by atoms with Crippen molar-refractivity contribution in [3.63, 3.8) is 0 Å². The molecule has 104 valence electrons. The lowest BCUT2D eigenvalue weighted by Crippen LogP contribution is -2.59. The van der Waals surface area contributed by atoms with E-state index in [9.17, 15) is 14.7 Å². The Morgan fingerprint density at radius 3 is 2.00 bits per heavy atom. The number of aliphatic hydroxyl groups is 1. The smallest absolute Gasteiger partial charge is 0.303 e. The van der Waals surface area contributed by atoms with E-state index in [2.05, 4.69) is 0 Å².